The third-order valence-corrected chi connectivity index (χ3v) is 6.28. The summed E-state index contributed by atoms with van der Waals surface area (Å²) in [6, 6.07) is 0. The monoisotopic (exact) mass is 350 g/mol. The zero-order valence-corrected chi connectivity index (χ0v) is 14.3. The molecule has 3 rings (SSSR count). The van der Waals surface area contributed by atoms with E-state index in [4.69, 9.17) is 5.73 Å². The highest BCUT2D eigenvalue weighted by atomic mass is 32.1. The fourth-order valence-corrected chi connectivity index (χ4v) is 5.16. The fourth-order valence-electron chi connectivity index (χ4n) is 3.86. The number of hydrogen-bond acceptors (Lipinski definition) is 4. The van der Waals surface area contributed by atoms with E-state index in [9.17, 15) is 19.5 Å². The number of fused-ring (bicyclic) bond motifs is 1. The van der Waals surface area contributed by atoms with Gasteiger partial charge in [0.15, 0.2) is 0 Å². The average molecular weight is 350 g/mol. The van der Waals surface area contributed by atoms with Crippen molar-refractivity contribution in [2.75, 3.05) is 5.32 Å². The number of carbonyl (C=O) groups is 3. The number of carboxylic acids is 1. The summed E-state index contributed by atoms with van der Waals surface area (Å²) in [5.41, 5.74) is 6.92. The number of nitrogens with one attached hydrogen (secondary N) is 1. The van der Waals surface area contributed by atoms with Crippen LogP contribution in [0.3, 0.4) is 0 Å². The smallest absolute Gasteiger partial charge is 0.307 e. The minimum atomic E-state index is -0.921. The van der Waals surface area contributed by atoms with Crippen molar-refractivity contribution in [3.05, 3.63) is 16.0 Å². The van der Waals surface area contributed by atoms with E-state index in [2.05, 4.69) is 5.32 Å². The third-order valence-electron chi connectivity index (χ3n) is 5.07. The molecule has 1 saturated carbocycles. The molecule has 2 aliphatic rings. The number of thiophene rings is 1. The molecule has 7 heteroatoms. The molecule has 2 amide bonds. The lowest BCUT2D eigenvalue weighted by molar-refractivity contribution is -0.147. The van der Waals surface area contributed by atoms with Gasteiger partial charge in [-0.3, -0.25) is 14.4 Å². The zero-order chi connectivity index (χ0) is 17.3. The van der Waals surface area contributed by atoms with Crippen molar-refractivity contribution in [1.29, 1.82) is 0 Å². The number of rotatable bonds is 4. The minimum absolute atomic E-state index is 0.303. The van der Waals surface area contributed by atoms with Gasteiger partial charge in [0, 0.05) is 4.88 Å². The summed E-state index contributed by atoms with van der Waals surface area (Å²) in [5, 5.41) is 12.7. The van der Waals surface area contributed by atoms with E-state index in [1.165, 1.54) is 11.3 Å². The molecule has 0 aliphatic heterocycles. The van der Waals surface area contributed by atoms with Crippen LogP contribution in [0.15, 0.2) is 0 Å². The van der Waals surface area contributed by atoms with E-state index in [0.717, 1.165) is 49.0 Å². The van der Waals surface area contributed by atoms with Crippen LogP contribution in [0.25, 0.3) is 0 Å². The van der Waals surface area contributed by atoms with Crippen molar-refractivity contribution >= 4 is 34.1 Å². The van der Waals surface area contributed by atoms with Crippen molar-refractivity contribution in [2.45, 2.75) is 51.4 Å². The van der Waals surface area contributed by atoms with Crippen molar-refractivity contribution in [3.8, 4) is 0 Å². The van der Waals surface area contributed by atoms with Crippen LogP contribution < -0.4 is 11.1 Å². The number of carbonyl (C=O) groups excluding carboxylic acids is 2. The summed E-state index contributed by atoms with van der Waals surface area (Å²) >= 11 is 1.41. The van der Waals surface area contributed by atoms with Crippen LogP contribution in [0.4, 0.5) is 5.00 Å². The summed E-state index contributed by atoms with van der Waals surface area (Å²) < 4.78 is 0. The average Bonchev–Trinajstić information content (AvgIpc) is 2.92. The number of amides is 2. The van der Waals surface area contributed by atoms with Gasteiger partial charge in [0.1, 0.15) is 5.00 Å². The number of carboxylic acid groups (broad SMARTS) is 1. The molecular formula is C17H22N2O4S. The highest BCUT2D eigenvalue weighted by molar-refractivity contribution is 7.17. The molecule has 0 unspecified atom stereocenters. The van der Waals surface area contributed by atoms with Crippen molar-refractivity contribution < 1.29 is 19.5 Å². The van der Waals surface area contributed by atoms with E-state index >= 15 is 0 Å². The minimum Gasteiger partial charge on any atom is -0.481 e. The first-order valence-corrected chi connectivity index (χ1v) is 9.28. The maximum Gasteiger partial charge on any atom is 0.307 e. The van der Waals surface area contributed by atoms with Crippen molar-refractivity contribution in [3.63, 3.8) is 0 Å². The molecule has 2 atom stereocenters. The lowest BCUT2D eigenvalue weighted by Gasteiger charge is -2.27. The van der Waals surface area contributed by atoms with E-state index < -0.39 is 23.7 Å². The maximum atomic E-state index is 12.7. The maximum absolute atomic E-state index is 12.7. The Morgan fingerprint density at radius 3 is 2.38 bits per heavy atom. The molecule has 2 aliphatic carbocycles. The molecule has 24 heavy (non-hydrogen) atoms. The first-order valence-electron chi connectivity index (χ1n) is 8.47. The van der Waals surface area contributed by atoms with Crippen LogP contribution >= 0.6 is 11.3 Å². The molecule has 1 heterocycles. The number of aliphatic carboxylic acids is 1. The molecular weight excluding hydrogens is 328 g/mol. The van der Waals surface area contributed by atoms with Crippen LogP contribution in [0.2, 0.25) is 0 Å². The summed E-state index contributed by atoms with van der Waals surface area (Å²) in [6.45, 7) is 0. The van der Waals surface area contributed by atoms with Gasteiger partial charge in [-0.15, -0.1) is 11.3 Å². The van der Waals surface area contributed by atoms with Gasteiger partial charge in [0.2, 0.25) is 5.91 Å². The number of hydrogen-bond donors (Lipinski definition) is 3. The quantitative estimate of drug-likeness (QED) is 0.775. The van der Waals surface area contributed by atoms with Crippen molar-refractivity contribution in [2.24, 2.45) is 17.6 Å². The Balaban J connectivity index is 1.85. The van der Waals surface area contributed by atoms with E-state index in [0.29, 0.717) is 23.4 Å². The molecule has 0 spiro atoms. The van der Waals surface area contributed by atoms with Crippen LogP contribution in [-0.4, -0.2) is 22.9 Å². The van der Waals surface area contributed by atoms with Crippen LogP contribution in [-0.2, 0) is 22.4 Å². The van der Waals surface area contributed by atoms with Gasteiger partial charge in [0.05, 0.1) is 17.4 Å². The molecule has 1 aromatic heterocycles. The normalized spacial score (nSPS) is 23.3. The predicted molar refractivity (Wildman–Crippen MR) is 91.2 cm³/mol. The molecule has 4 N–H and O–H groups in total. The zero-order valence-electron chi connectivity index (χ0n) is 13.5. The highest BCUT2D eigenvalue weighted by Gasteiger charge is 2.36. The van der Waals surface area contributed by atoms with Crippen LogP contribution in [0.1, 0.15) is 59.3 Å². The van der Waals surface area contributed by atoms with Gasteiger partial charge in [-0.05, 0) is 44.1 Å². The van der Waals surface area contributed by atoms with Gasteiger partial charge in [-0.2, -0.15) is 0 Å². The summed E-state index contributed by atoms with van der Waals surface area (Å²) in [4.78, 5) is 37.0. The summed E-state index contributed by atoms with van der Waals surface area (Å²) in [6.07, 6.45) is 6.57. The molecule has 0 radical (unpaired) electrons. The highest BCUT2D eigenvalue weighted by Crippen LogP contribution is 2.39. The molecule has 0 bridgehead atoms. The van der Waals surface area contributed by atoms with Gasteiger partial charge < -0.3 is 16.2 Å². The number of nitrogens with two attached hydrogens (primary N) is 1. The van der Waals surface area contributed by atoms with E-state index in [-0.39, 0.29) is 5.91 Å². The standard InChI is InChI=1S/C17H22N2O4S/c18-14(20)13-11-7-3-4-8-12(11)24-16(13)19-15(21)9-5-1-2-6-10(9)17(22)23/h9-10H,1-8H2,(H2,18,20)(H,19,21)(H,22,23)/t9-,10-/m0/s1. The largest absolute Gasteiger partial charge is 0.481 e. The molecule has 0 saturated heterocycles. The Labute approximate surface area is 144 Å². The first-order chi connectivity index (χ1) is 11.5. The molecule has 0 aromatic carbocycles. The molecule has 1 aromatic rings. The number of anilines is 1. The lowest BCUT2D eigenvalue weighted by Crippen LogP contribution is -2.36. The Kier molecular flexibility index (Phi) is 4.89. The molecule has 1 fully saturated rings. The first kappa shape index (κ1) is 17.0. The summed E-state index contributed by atoms with van der Waals surface area (Å²) in [5.74, 6) is -2.94. The van der Waals surface area contributed by atoms with Crippen LogP contribution in [0.5, 0.6) is 0 Å². The second kappa shape index (κ2) is 6.93. The summed E-state index contributed by atoms with van der Waals surface area (Å²) in [7, 11) is 0. The molecule has 6 nitrogen and oxygen atoms in total. The SMILES string of the molecule is NC(=O)c1c(NC(=O)[C@H]2CCCC[C@@H]2C(=O)O)sc2c1CCCC2. The van der Waals surface area contributed by atoms with Crippen molar-refractivity contribution in [1.82, 2.24) is 0 Å². The third kappa shape index (κ3) is 3.17. The van der Waals surface area contributed by atoms with E-state index in [1.54, 1.807) is 0 Å². The van der Waals surface area contributed by atoms with Crippen LogP contribution in [0, 0.1) is 11.8 Å². The second-order valence-corrected chi connectivity index (χ2v) is 7.71. The van der Waals surface area contributed by atoms with Gasteiger partial charge >= 0.3 is 5.97 Å². The number of aryl methyl sites for hydroxylation is 1. The Bertz CT molecular complexity index is 682. The predicted octanol–water partition coefficient (Wildman–Crippen LogP) is 2.56. The topological polar surface area (TPSA) is 109 Å². The number of primary amides is 1. The Hall–Kier alpha value is -1.89. The van der Waals surface area contributed by atoms with Gasteiger partial charge in [-0.25, -0.2) is 0 Å². The Morgan fingerprint density at radius 2 is 1.71 bits per heavy atom. The Morgan fingerprint density at radius 1 is 1.04 bits per heavy atom. The lowest BCUT2D eigenvalue weighted by atomic mass is 9.78. The fraction of sp³-hybridized carbons (Fsp3) is 0.588. The van der Waals surface area contributed by atoms with Gasteiger partial charge in [-0.1, -0.05) is 12.8 Å². The van der Waals surface area contributed by atoms with E-state index in [1.807, 2.05) is 0 Å². The van der Waals surface area contributed by atoms with Gasteiger partial charge in [0.25, 0.3) is 5.91 Å². The molecule has 130 valence electrons. The second-order valence-electron chi connectivity index (χ2n) is 6.60.